The van der Waals surface area contributed by atoms with Crippen molar-refractivity contribution in [2.45, 2.75) is 38.1 Å². The van der Waals surface area contributed by atoms with E-state index in [0.29, 0.717) is 11.0 Å². The Kier molecular flexibility index (Phi) is 4.41. The molecule has 1 aromatic heterocycles. The fourth-order valence-corrected chi connectivity index (χ4v) is 1.36. The zero-order chi connectivity index (χ0) is 12.2. The molecule has 0 atom stereocenters. The Balaban J connectivity index is 2.56. The number of hydrogen-bond acceptors (Lipinski definition) is 4. The van der Waals surface area contributed by atoms with E-state index in [0.717, 1.165) is 5.69 Å². The highest BCUT2D eigenvalue weighted by atomic mass is 79.9. The zero-order valence-electron chi connectivity index (χ0n) is 9.66. The quantitative estimate of drug-likeness (QED) is 0.632. The molecule has 0 saturated carbocycles. The number of esters is 1. The summed E-state index contributed by atoms with van der Waals surface area (Å²) < 4.78 is 5.18. The summed E-state index contributed by atoms with van der Waals surface area (Å²) in [6, 6.07) is 0. The van der Waals surface area contributed by atoms with E-state index in [4.69, 9.17) is 4.74 Å². The summed E-state index contributed by atoms with van der Waals surface area (Å²) >= 11 is 3.28. The molecular weight excluding hydrogens is 272 g/mol. The van der Waals surface area contributed by atoms with Crippen molar-refractivity contribution >= 4 is 21.9 Å². The van der Waals surface area contributed by atoms with Gasteiger partial charge in [0.05, 0.1) is 17.8 Å². The predicted octanol–water partition coefficient (Wildman–Crippen LogP) is 2.26. The highest BCUT2D eigenvalue weighted by Crippen LogP contribution is 2.09. The smallest absolute Gasteiger partial charge is 0.312 e. The molecule has 88 valence electrons. The maximum atomic E-state index is 11.5. The Bertz CT molecular complexity index is 357. The van der Waals surface area contributed by atoms with Crippen LogP contribution in [0.25, 0.3) is 0 Å². The molecule has 0 fully saturated rings. The monoisotopic (exact) mass is 286 g/mol. The molecule has 0 radical (unpaired) electrons. The van der Waals surface area contributed by atoms with Gasteiger partial charge < -0.3 is 4.74 Å². The van der Waals surface area contributed by atoms with Crippen LogP contribution in [0, 0.1) is 0 Å². The maximum absolute atomic E-state index is 11.5. The second-order valence-corrected chi connectivity index (χ2v) is 4.96. The second kappa shape index (κ2) is 5.39. The molecule has 1 aromatic rings. The number of halogens is 1. The van der Waals surface area contributed by atoms with E-state index < -0.39 is 5.60 Å². The molecule has 0 aliphatic heterocycles. The number of alkyl halides is 1. The van der Waals surface area contributed by atoms with Gasteiger partial charge in [0.2, 0.25) is 0 Å². The Morgan fingerprint density at radius 2 is 1.88 bits per heavy atom. The first kappa shape index (κ1) is 13.1. The van der Waals surface area contributed by atoms with Gasteiger partial charge in [-0.15, -0.1) is 0 Å². The van der Waals surface area contributed by atoms with Gasteiger partial charge in [-0.2, -0.15) is 0 Å². The molecule has 0 aliphatic rings. The average molecular weight is 287 g/mol. The van der Waals surface area contributed by atoms with Crippen molar-refractivity contribution in [2.75, 3.05) is 0 Å². The third kappa shape index (κ3) is 4.70. The van der Waals surface area contributed by atoms with Crippen LogP contribution in [0.3, 0.4) is 0 Å². The maximum Gasteiger partial charge on any atom is 0.312 e. The standard InChI is InChI=1S/C11H15BrN2O2/c1-11(2,3)16-10(15)4-8-6-14-9(5-12)7-13-8/h6-7H,4-5H2,1-3H3. The number of carbonyl (C=O) groups is 1. The second-order valence-electron chi connectivity index (χ2n) is 4.40. The largest absolute Gasteiger partial charge is 0.460 e. The van der Waals surface area contributed by atoms with Crippen LogP contribution in [-0.4, -0.2) is 21.5 Å². The first-order valence-electron chi connectivity index (χ1n) is 4.98. The van der Waals surface area contributed by atoms with Gasteiger partial charge in [0.1, 0.15) is 5.60 Å². The first-order chi connectivity index (χ1) is 7.40. The average Bonchev–Trinajstić information content (AvgIpc) is 2.16. The number of rotatable bonds is 3. The van der Waals surface area contributed by atoms with Gasteiger partial charge in [-0.05, 0) is 20.8 Å². The molecule has 1 heterocycles. The highest BCUT2D eigenvalue weighted by molar-refractivity contribution is 9.08. The van der Waals surface area contributed by atoms with E-state index in [-0.39, 0.29) is 12.4 Å². The van der Waals surface area contributed by atoms with Crippen LogP contribution in [0.1, 0.15) is 32.2 Å². The summed E-state index contributed by atoms with van der Waals surface area (Å²) in [6.07, 6.45) is 3.40. The molecule has 0 aliphatic carbocycles. The third-order valence-electron chi connectivity index (χ3n) is 1.64. The van der Waals surface area contributed by atoms with Crippen molar-refractivity contribution in [3.63, 3.8) is 0 Å². The minimum Gasteiger partial charge on any atom is -0.460 e. The van der Waals surface area contributed by atoms with Crippen LogP contribution in [0.2, 0.25) is 0 Å². The molecule has 4 nitrogen and oxygen atoms in total. The van der Waals surface area contributed by atoms with Gasteiger partial charge in [-0.1, -0.05) is 15.9 Å². The van der Waals surface area contributed by atoms with Crippen molar-refractivity contribution in [1.82, 2.24) is 9.97 Å². The topological polar surface area (TPSA) is 52.1 Å². The van der Waals surface area contributed by atoms with E-state index in [9.17, 15) is 4.79 Å². The molecule has 0 saturated heterocycles. The van der Waals surface area contributed by atoms with Gasteiger partial charge in [0.15, 0.2) is 0 Å². The van der Waals surface area contributed by atoms with Crippen molar-refractivity contribution in [2.24, 2.45) is 0 Å². The molecular formula is C11H15BrN2O2. The number of carbonyl (C=O) groups excluding carboxylic acids is 1. The lowest BCUT2D eigenvalue weighted by atomic mass is 10.2. The van der Waals surface area contributed by atoms with E-state index in [1.54, 1.807) is 12.4 Å². The summed E-state index contributed by atoms with van der Waals surface area (Å²) in [5.74, 6) is -0.284. The number of ether oxygens (including phenoxy) is 1. The van der Waals surface area contributed by atoms with E-state index in [1.165, 1.54) is 0 Å². The van der Waals surface area contributed by atoms with Crippen LogP contribution in [0.5, 0.6) is 0 Å². The van der Waals surface area contributed by atoms with Crippen LogP contribution in [-0.2, 0) is 21.3 Å². The molecule has 0 spiro atoms. The summed E-state index contributed by atoms with van der Waals surface area (Å²) in [4.78, 5) is 19.7. The SMILES string of the molecule is CC(C)(C)OC(=O)Cc1cnc(CBr)cn1. The highest BCUT2D eigenvalue weighted by Gasteiger charge is 2.16. The summed E-state index contributed by atoms with van der Waals surface area (Å²) in [7, 11) is 0. The molecule has 0 bridgehead atoms. The lowest BCUT2D eigenvalue weighted by Crippen LogP contribution is -2.25. The van der Waals surface area contributed by atoms with Crippen LogP contribution in [0.15, 0.2) is 12.4 Å². The molecule has 16 heavy (non-hydrogen) atoms. The normalized spacial score (nSPS) is 11.2. The molecule has 0 amide bonds. The molecule has 0 N–H and O–H groups in total. The van der Waals surface area contributed by atoms with E-state index in [2.05, 4.69) is 25.9 Å². The Morgan fingerprint density at radius 3 is 2.31 bits per heavy atom. The minimum atomic E-state index is -0.458. The molecule has 0 unspecified atom stereocenters. The summed E-state index contributed by atoms with van der Waals surface area (Å²) in [6.45, 7) is 5.51. The predicted molar refractivity (Wildman–Crippen MR) is 64.2 cm³/mol. The van der Waals surface area contributed by atoms with Crippen LogP contribution >= 0.6 is 15.9 Å². The van der Waals surface area contributed by atoms with Gasteiger partial charge in [-0.25, -0.2) is 0 Å². The fourth-order valence-electron chi connectivity index (χ4n) is 1.07. The van der Waals surface area contributed by atoms with Gasteiger partial charge in [0, 0.05) is 17.7 Å². The Morgan fingerprint density at radius 1 is 1.31 bits per heavy atom. The van der Waals surface area contributed by atoms with E-state index in [1.807, 2.05) is 20.8 Å². The van der Waals surface area contributed by atoms with Crippen molar-refractivity contribution in [1.29, 1.82) is 0 Å². The minimum absolute atomic E-state index is 0.160. The molecule has 1 rings (SSSR count). The summed E-state index contributed by atoms with van der Waals surface area (Å²) in [5.41, 5.74) is 1.01. The number of nitrogens with zero attached hydrogens (tertiary/aromatic N) is 2. The third-order valence-corrected chi connectivity index (χ3v) is 2.22. The van der Waals surface area contributed by atoms with Gasteiger partial charge in [-0.3, -0.25) is 14.8 Å². The molecule has 0 aromatic carbocycles. The van der Waals surface area contributed by atoms with Crippen molar-refractivity contribution in [3.05, 3.63) is 23.8 Å². The Hall–Kier alpha value is -0.970. The summed E-state index contributed by atoms with van der Waals surface area (Å²) in [5, 5.41) is 0.659. The lowest BCUT2D eigenvalue weighted by molar-refractivity contribution is -0.154. The fraction of sp³-hybridized carbons (Fsp3) is 0.545. The first-order valence-corrected chi connectivity index (χ1v) is 6.10. The van der Waals surface area contributed by atoms with Crippen LogP contribution in [0.4, 0.5) is 0 Å². The van der Waals surface area contributed by atoms with E-state index >= 15 is 0 Å². The molecule has 5 heteroatoms. The Labute approximate surface area is 104 Å². The lowest BCUT2D eigenvalue weighted by Gasteiger charge is -2.19. The van der Waals surface area contributed by atoms with Crippen molar-refractivity contribution < 1.29 is 9.53 Å². The number of hydrogen-bond donors (Lipinski definition) is 0. The van der Waals surface area contributed by atoms with Gasteiger partial charge >= 0.3 is 5.97 Å². The van der Waals surface area contributed by atoms with Gasteiger partial charge in [0.25, 0.3) is 0 Å². The van der Waals surface area contributed by atoms with Crippen LogP contribution < -0.4 is 0 Å². The zero-order valence-corrected chi connectivity index (χ0v) is 11.2. The number of aromatic nitrogens is 2. The van der Waals surface area contributed by atoms with Crippen molar-refractivity contribution in [3.8, 4) is 0 Å².